The predicted molar refractivity (Wildman–Crippen MR) is 137 cm³/mol. The van der Waals surface area contributed by atoms with Crippen LogP contribution >= 0.6 is 24.0 Å². The molecule has 3 rings (SSSR count). The second-order valence-electron chi connectivity index (χ2n) is 8.66. The molecule has 1 aromatic rings. The number of halogens is 1. The molecule has 0 amide bonds. The van der Waals surface area contributed by atoms with Crippen molar-refractivity contribution in [2.45, 2.75) is 33.0 Å². The first-order valence-corrected chi connectivity index (χ1v) is 11.3. The van der Waals surface area contributed by atoms with E-state index in [2.05, 4.69) is 63.5 Å². The van der Waals surface area contributed by atoms with E-state index >= 15 is 0 Å². The molecule has 31 heavy (non-hydrogen) atoms. The average Bonchev–Trinajstić information content (AvgIpc) is 2.75. The molecule has 8 heteroatoms. The van der Waals surface area contributed by atoms with Gasteiger partial charge < -0.3 is 20.1 Å². The lowest BCUT2D eigenvalue weighted by molar-refractivity contribution is -0.0284. The van der Waals surface area contributed by atoms with Crippen molar-refractivity contribution in [3.05, 3.63) is 35.4 Å². The minimum atomic E-state index is 0. The van der Waals surface area contributed by atoms with Crippen molar-refractivity contribution in [3.63, 3.8) is 0 Å². The molecule has 2 heterocycles. The van der Waals surface area contributed by atoms with Gasteiger partial charge in [-0.15, -0.1) is 24.0 Å². The third kappa shape index (κ3) is 9.61. The van der Waals surface area contributed by atoms with E-state index in [0.29, 0.717) is 5.92 Å². The van der Waals surface area contributed by atoms with Crippen molar-refractivity contribution >= 4 is 29.9 Å². The molecule has 176 valence electrons. The first-order valence-electron chi connectivity index (χ1n) is 11.3. The topological polar surface area (TPSA) is 61.4 Å². The molecule has 0 saturated carbocycles. The summed E-state index contributed by atoms with van der Waals surface area (Å²) in [7, 11) is 1.82. The van der Waals surface area contributed by atoms with Gasteiger partial charge in [-0.2, -0.15) is 0 Å². The summed E-state index contributed by atoms with van der Waals surface area (Å²) in [6.45, 7) is 14.7. The van der Waals surface area contributed by atoms with Gasteiger partial charge in [-0.05, 0) is 17.0 Å². The smallest absolute Gasteiger partial charge is 0.191 e. The Kier molecular flexibility index (Phi) is 12.1. The van der Waals surface area contributed by atoms with Crippen LogP contribution < -0.4 is 10.6 Å². The molecule has 7 nitrogen and oxygen atoms in total. The molecule has 2 aliphatic heterocycles. The molecule has 0 aromatic heterocycles. The van der Waals surface area contributed by atoms with Crippen LogP contribution in [0.25, 0.3) is 0 Å². The highest BCUT2D eigenvalue weighted by molar-refractivity contribution is 14.0. The number of ether oxygens (including phenoxy) is 2. The maximum atomic E-state index is 5.93. The molecule has 2 N–H and O–H groups in total. The fourth-order valence-electron chi connectivity index (χ4n) is 4.06. The van der Waals surface area contributed by atoms with Crippen LogP contribution in [-0.4, -0.2) is 88.0 Å². The van der Waals surface area contributed by atoms with Gasteiger partial charge in [0.05, 0.1) is 25.9 Å². The summed E-state index contributed by atoms with van der Waals surface area (Å²) in [4.78, 5) is 9.32. The molecule has 1 unspecified atom stereocenters. The molecular weight excluding hydrogens is 505 g/mol. The SMILES string of the molecule is CN=C(NCc1cccc(CN2CCOCC2)c1)NCC1CN(CC(C)C)CCO1.I. The number of hydrogen-bond acceptors (Lipinski definition) is 5. The van der Waals surface area contributed by atoms with Crippen LogP contribution in [0.2, 0.25) is 0 Å². The van der Waals surface area contributed by atoms with E-state index in [9.17, 15) is 0 Å². The van der Waals surface area contributed by atoms with Gasteiger partial charge in [0, 0.05) is 59.4 Å². The Balaban J connectivity index is 0.00000341. The Labute approximate surface area is 205 Å². The number of guanidine groups is 1. The van der Waals surface area contributed by atoms with E-state index in [-0.39, 0.29) is 30.1 Å². The van der Waals surface area contributed by atoms with Crippen LogP contribution in [0, 0.1) is 5.92 Å². The van der Waals surface area contributed by atoms with E-state index < -0.39 is 0 Å². The quantitative estimate of drug-likeness (QED) is 0.297. The van der Waals surface area contributed by atoms with E-state index in [1.165, 1.54) is 11.1 Å². The maximum absolute atomic E-state index is 5.93. The van der Waals surface area contributed by atoms with Gasteiger partial charge in [0.15, 0.2) is 5.96 Å². The van der Waals surface area contributed by atoms with Crippen LogP contribution in [0.15, 0.2) is 29.3 Å². The fourth-order valence-corrected chi connectivity index (χ4v) is 4.06. The Morgan fingerprint density at radius 3 is 2.58 bits per heavy atom. The van der Waals surface area contributed by atoms with Crippen LogP contribution in [-0.2, 0) is 22.6 Å². The van der Waals surface area contributed by atoms with Crippen molar-refractivity contribution < 1.29 is 9.47 Å². The van der Waals surface area contributed by atoms with Gasteiger partial charge >= 0.3 is 0 Å². The Hall–Kier alpha value is -0.940. The lowest BCUT2D eigenvalue weighted by Crippen LogP contribution is -2.50. The highest BCUT2D eigenvalue weighted by atomic mass is 127. The number of nitrogens with zero attached hydrogens (tertiary/aromatic N) is 3. The minimum Gasteiger partial charge on any atom is -0.379 e. The predicted octanol–water partition coefficient (Wildman–Crippen LogP) is 2.16. The first-order chi connectivity index (χ1) is 14.6. The van der Waals surface area contributed by atoms with E-state index in [1.54, 1.807) is 0 Å². The molecule has 1 atom stereocenters. The molecule has 2 aliphatic rings. The number of rotatable bonds is 8. The van der Waals surface area contributed by atoms with E-state index in [1.807, 2.05) is 7.05 Å². The minimum absolute atomic E-state index is 0. The van der Waals surface area contributed by atoms with Gasteiger partial charge in [-0.1, -0.05) is 38.1 Å². The molecule has 0 spiro atoms. The van der Waals surface area contributed by atoms with Gasteiger partial charge in [-0.3, -0.25) is 14.8 Å². The Morgan fingerprint density at radius 2 is 1.84 bits per heavy atom. The third-order valence-corrected chi connectivity index (χ3v) is 5.53. The molecule has 1 aromatic carbocycles. The van der Waals surface area contributed by atoms with Crippen LogP contribution in [0.4, 0.5) is 0 Å². The number of aliphatic imine (C=N–C) groups is 1. The molecule has 0 aliphatic carbocycles. The number of benzene rings is 1. The number of nitrogens with one attached hydrogen (secondary N) is 2. The number of morpholine rings is 2. The van der Waals surface area contributed by atoms with Gasteiger partial charge in [0.25, 0.3) is 0 Å². The highest BCUT2D eigenvalue weighted by Crippen LogP contribution is 2.10. The molecule has 2 saturated heterocycles. The standard InChI is InChI=1S/C23H39N5O2.HI/c1-19(2)16-28-9-12-30-22(18-28)15-26-23(24-3)25-14-20-5-4-6-21(13-20)17-27-7-10-29-11-8-27;/h4-6,13,19,22H,7-12,14-18H2,1-3H3,(H2,24,25,26);1H. The summed E-state index contributed by atoms with van der Waals surface area (Å²) >= 11 is 0. The summed E-state index contributed by atoms with van der Waals surface area (Å²) < 4.78 is 11.4. The zero-order valence-electron chi connectivity index (χ0n) is 19.3. The van der Waals surface area contributed by atoms with Crippen LogP contribution in [0.5, 0.6) is 0 Å². The molecule has 2 fully saturated rings. The summed E-state index contributed by atoms with van der Waals surface area (Å²) in [5, 5.41) is 6.86. The lowest BCUT2D eigenvalue weighted by atomic mass is 10.1. The van der Waals surface area contributed by atoms with Crippen molar-refractivity contribution in [2.24, 2.45) is 10.9 Å². The van der Waals surface area contributed by atoms with E-state index in [4.69, 9.17) is 9.47 Å². The average molecular weight is 546 g/mol. The van der Waals surface area contributed by atoms with Crippen molar-refractivity contribution in [1.82, 2.24) is 20.4 Å². The monoisotopic (exact) mass is 545 g/mol. The van der Waals surface area contributed by atoms with Crippen molar-refractivity contribution in [3.8, 4) is 0 Å². The second-order valence-corrected chi connectivity index (χ2v) is 8.66. The first kappa shape index (κ1) is 26.3. The van der Waals surface area contributed by atoms with Gasteiger partial charge in [0.1, 0.15) is 0 Å². The van der Waals surface area contributed by atoms with Gasteiger partial charge in [-0.25, -0.2) is 0 Å². The number of hydrogen-bond donors (Lipinski definition) is 2. The normalized spacial score (nSPS) is 21.0. The maximum Gasteiger partial charge on any atom is 0.191 e. The molecule has 0 radical (unpaired) electrons. The fraction of sp³-hybridized carbons (Fsp3) is 0.696. The highest BCUT2D eigenvalue weighted by Gasteiger charge is 2.21. The second kappa shape index (κ2) is 14.3. The zero-order chi connectivity index (χ0) is 21.2. The molecule has 0 bridgehead atoms. The van der Waals surface area contributed by atoms with Gasteiger partial charge in [0.2, 0.25) is 0 Å². The van der Waals surface area contributed by atoms with Crippen LogP contribution in [0.1, 0.15) is 25.0 Å². The lowest BCUT2D eigenvalue weighted by Gasteiger charge is -2.34. The van der Waals surface area contributed by atoms with Crippen LogP contribution in [0.3, 0.4) is 0 Å². The summed E-state index contributed by atoms with van der Waals surface area (Å²) in [6.07, 6.45) is 0.202. The van der Waals surface area contributed by atoms with E-state index in [0.717, 1.165) is 78.1 Å². The summed E-state index contributed by atoms with van der Waals surface area (Å²) in [5.41, 5.74) is 2.61. The Morgan fingerprint density at radius 1 is 1.10 bits per heavy atom. The van der Waals surface area contributed by atoms with Crippen molar-refractivity contribution in [2.75, 3.05) is 66.1 Å². The third-order valence-electron chi connectivity index (χ3n) is 5.53. The van der Waals surface area contributed by atoms with Crippen molar-refractivity contribution in [1.29, 1.82) is 0 Å². The molecular formula is C23H40IN5O2. The summed E-state index contributed by atoms with van der Waals surface area (Å²) in [5.74, 6) is 1.50. The zero-order valence-corrected chi connectivity index (χ0v) is 21.6. The largest absolute Gasteiger partial charge is 0.379 e. The Bertz CT molecular complexity index is 667. The summed E-state index contributed by atoms with van der Waals surface area (Å²) in [6, 6.07) is 8.79.